The van der Waals surface area contributed by atoms with E-state index in [1.165, 1.54) is 6.26 Å². The molecule has 0 bridgehead atoms. The standard InChI is InChI=1S/C8H15N3O2S/c1-7(6-14(2,12)13)9-5-8-3-4-10-11-8/h3-4,7,9H,5-6H2,1-2H3,(H,10,11). The van der Waals surface area contributed by atoms with Gasteiger partial charge in [0, 0.05) is 30.7 Å². The Morgan fingerprint density at radius 3 is 2.86 bits per heavy atom. The van der Waals surface area contributed by atoms with Crippen molar-refractivity contribution < 1.29 is 8.42 Å². The Hall–Kier alpha value is -0.880. The fraction of sp³-hybridized carbons (Fsp3) is 0.625. The molecule has 0 aliphatic heterocycles. The molecule has 0 aliphatic rings. The van der Waals surface area contributed by atoms with Gasteiger partial charge in [0.2, 0.25) is 0 Å². The minimum Gasteiger partial charge on any atom is -0.308 e. The van der Waals surface area contributed by atoms with Crippen molar-refractivity contribution in [3.63, 3.8) is 0 Å². The summed E-state index contributed by atoms with van der Waals surface area (Å²) in [6.45, 7) is 2.45. The molecule has 0 spiro atoms. The maximum Gasteiger partial charge on any atom is 0.148 e. The van der Waals surface area contributed by atoms with Gasteiger partial charge in [0.1, 0.15) is 9.84 Å². The molecule has 1 heterocycles. The Balaban J connectivity index is 2.32. The van der Waals surface area contributed by atoms with Crippen LogP contribution in [0.5, 0.6) is 0 Å². The average Bonchev–Trinajstić information content (AvgIpc) is 2.49. The maximum absolute atomic E-state index is 10.9. The molecular formula is C8H15N3O2S. The van der Waals surface area contributed by atoms with Crippen molar-refractivity contribution in [2.75, 3.05) is 12.0 Å². The van der Waals surface area contributed by atoms with E-state index in [4.69, 9.17) is 0 Å². The van der Waals surface area contributed by atoms with Gasteiger partial charge in [0.05, 0.1) is 5.75 Å². The Bertz CT molecular complexity index is 358. The quantitative estimate of drug-likeness (QED) is 0.724. The summed E-state index contributed by atoms with van der Waals surface area (Å²) in [5, 5.41) is 9.68. The van der Waals surface area contributed by atoms with Gasteiger partial charge in [-0.1, -0.05) is 0 Å². The third kappa shape index (κ3) is 4.38. The first kappa shape index (κ1) is 11.2. The van der Waals surface area contributed by atoms with Gasteiger partial charge >= 0.3 is 0 Å². The molecular weight excluding hydrogens is 202 g/mol. The van der Waals surface area contributed by atoms with Gasteiger partial charge in [-0.05, 0) is 13.0 Å². The van der Waals surface area contributed by atoms with E-state index in [0.29, 0.717) is 6.54 Å². The number of nitrogens with one attached hydrogen (secondary N) is 2. The van der Waals surface area contributed by atoms with Crippen LogP contribution in [0.2, 0.25) is 0 Å². The number of nitrogens with zero attached hydrogens (tertiary/aromatic N) is 1. The predicted molar refractivity (Wildman–Crippen MR) is 54.6 cm³/mol. The van der Waals surface area contributed by atoms with Crippen molar-refractivity contribution >= 4 is 9.84 Å². The second-order valence-corrected chi connectivity index (χ2v) is 5.64. The number of rotatable bonds is 5. The summed E-state index contributed by atoms with van der Waals surface area (Å²) in [5.74, 6) is 0.154. The Morgan fingerprint density at radius 1 is 1.64 bits per heavy atom. The minimum atomic E-state index is -2.90. The lowest BCUT2D eigenvalue weighted by molar-refractivity contribution is 0.556. The Morgan fingerprint density at radius 2 is 2.36 bits per heavy atom. The third-order valence-corrected chi connectivity index (χ3v) is 2.86. The average molecular weight is 217 g/mol. The summed E-state index contributed by atoms with van der Waals surface area (Å²) in [5.41, 5.74) is 0.949. The molecule has 0 saturated heterocycles. The monoisotopic (exact) mass is 217 g/mol. The molecule has 1 unspecified atom stereocenters. The smallest absolute Gasteiger partial charge is 0.148 e. The number of aromatic nitrogens is 2. The van der Waals surface area contributed by atoms with E-state index in [1.54, 1.807) is 6.20 Å². The Kier molecular flexibility index (Phi) is 3.65. The molecule has 5 nitrogen and oxygen atoms in total. The molecule has 6 heteroatoms. The first-order valence-corrected chi connectivity index (χ1v) is 6.43. The summed E-state index contributed by atoms with van der Waals surface area (Å²) >= 11 is 0. The van der Waals surface area contributed by atoms with Crippen LogP contribution in [0.25, 0.3) is 0 Å². The molecule has 0 saturated carbocycles. The van der Waals surface area contributed by atoms with Gasteiger partial charge in [-0.3, -0.25) is 5.10 Å². The van der Waals surface area contributed by atoms with Gasteiger partial charge in [-0.2, -0.15) is 5.10 Å². The summed E-state index contributed by atoms with van der Waals surface area (Å²) in [7, 11) is -2.90. The van der Waals surface area contributed by atoms with Crippen molar-refractivity contribution in [2.45, 2.75) is 19.5 Å². The SMILES string of the molecule is CC(CS(C)(=O)=O)NCc1ccn[nH]1. The molecule has 1 aromatic rings. The highest BCUT2D eigenvalue weighted by Crippen LogP contribution is 1.94. The highest BCUT2D eigenvalue weighted by Gasteiger charge is 2.09. The van der Waals surface area contributed by atoms with E-state index in [-0.39, 0.29) is 11.8 Å². The summed E-state index contributed by atoms with van der Waals surface area (Å²) in [4.78, 5) is 0. The van der Waals surface area contributed by atoms with Gasteiger partial charge in [0.15, 0.2) is 0 Å². The van der Waals surface area contributed by atoms with Crippen LogP contribution >= 0.6 is 0 Å². The summed E-state index contributed by atoms with van der Waals surface area (Å²) in [6, 6.07) is 1.80. The Labute approximate surface area is 83.8 Å². The van der Waals surface area contributed by atoms with Gasteiger partial charge in [-0.15, -0.1) is 0 Å². The normalized spacial score (nSPS) is 14.1. The highest BCUT2D eigenvalue weighted by atomic mass is 32.2. The van der Waals surface area contributed by atoms with Crippen molar-refractivity contribution in [3.8, 4) is 0 Å². The van der Waals surface area contributed by atoms with E-state index < -0.39 is 9.84 Å². The minimum absolute atomic E-state index is 0.0479. The fourth-order valence-corrected chi connectivity index (χ4v) is 2.21. The highest BCUT2D eigenvalue weighted by molar-refractivity contribution is 7.90. The van der Waals surface area contributed by atoms with Gasteiger partial charge in [0.25, 0.3) is 0 Å². The van der Waals surface area contributed by atoms with Crippen LogP contribution in [-0.2, 0) is 16.4 Å². The van der Waals surface area contributed by atoms with Crippen molar-refractivity contribution in [3.05, 3.63) is 18.0 Å². The van der Waals surface area contributed by atoms with Crippen molar-refractivity contribution in [1.29, 1.82) is 0 Å². The molecule has 1 rings (SSSR count). The lowest BCUT2D eigenvalue weighted by Crippen LogP contribution is -2.32. The van der Waals surface area contributed by atoms with E-state index in [9.17, 15) is 8.42 Å². The second-order valence-electron chi connectivity index (χ2n) is 3.46. The molecule has 0 fully saturated rings. The lowest BCUT2D eigenvalue weighted by Gasteiger charge is -2.11. The molecule has 1 aromatic heterocycles. The molecule has 0 aliphatic carbocycles. The largest absolute Gasteiger partial charge is 0.308 e. The molecule has 1 atom stereocenters. The van der Waals surface area contributed by atoms with E-state index in [1.807, 2.05) is 13.0 Å². The van der Waals surface area contributed by atoms with Crippen LogP contribution in [-0.4, -0.2) is 36.7 Å². The van der Waals surface area contributed by atoms with Gasteiger partial charge < -0.3 is 5.32 Å². The summed E-state index contributed by atoms with van der Waals surface area (Å²) in [6.07, 6.45) is 2.90. The first-order chi connectivity index (χ1) is 6.47. The molecule has 0 aromatic carbocycles. The van der Waals surface area contributed by atoms with Crippen LogP contribution in [0.1, 0.15) is 12.6 Å². The van der Waals surface area contributed by atoms with Crippen LogP contribution < -0.4 is 5.32 Å². The molecule has 80 valence electrons. The predicted octanol–water partition coefficient (Wildman–Crippen LogP) is -0.0676. The topological polar surface area (TPSA) is 74.8 Å². The zero-order valence-electron chi connectivity index (χ0n) is 8.32. The van der Waals surface area contributed by atoms with Crippen molar-refractivity contribution in [1.82, 2.24) is 15.5 Å². The number of sulfone groups is 1. The first-order valence-electron chi connectivity index (χ1n) is 4.37. The van der Waals surface area contributed by atoms with Gasteiger partial charge in [-0.25, -0.2) is 8.42 Å². The fourth-order valence-electron chi connectivity index (χ4n) is 1.18. The molecule has 0 radical (unpaired) electrons. The van der Waals surface area contributed by atoms with E-state index >= 15 is 0 Å². The number of aromatic amines is 1. The van der Waals surface area contributed by atoms with Crippen LogP contribution in [0.15, 0.2) is 12.3 Å². The van der Waals surface area contributed by atoms with Crippen LogP contribution in [0.3, 0.4) is 0 Å². The van der Waals surface area contributed by atoms with Crippen LogP contribution in [0, 0.1) is 0 Å². The number of H-pyrrole nitrogens is 1. The number of hydrogen-bond donors (Lipinski definition) is 2. The van der Waals surface area contributed by atoms with E-state index in [0.717, 1.165) is 5.69 Å². The number of hydrogen-bond acceptors (Lipinski definition) is 4. The van der Waals surface area contributed by atoms with Crippen molar-refractivity contribution in [2.24, 2.45) is 0 Å². The molecule has 0 amide bonds. The molecule has 2 N–H and O–H groups in total. The zero-order chi connectivity index (χ0) is 10.6. The third-order valence-electron chi connectivity index (χ3n) is 1.75. The zero-order valence-corrected chi connectivity index (χ0v) is 9.13. The van der Waals surface area contributed by atoms with Crippen LogP contribution in [0.4, 0.5) is 0 Å². The summed E-state index contributed by atoms with van der Waals surface area (Å²) < 4.78 is 21.9. The lowest BCUT2D eigenvalue weighted by atomic mass is 10.3. The van der Waals surface area contributed by atoms with E-state index in [2.05, 4.69) is 15.5 Å². The molecule has 14 heavy (non-hydrogen) atoms. The second kappa shape index (κ2) is 4.56. The maximum atomic E-state index is 10.9.